The van der Waals surface area contributed by atoms with E-state index < -0.39 is 22.1 Å². The number of aliphatic hydroxyl groups is 1. The van der Waals surface area contributed by atoms with E-state index in [9.17, 15) is 23.4 Å². The third kappa shape index (κ3) is 7.20. The van der Waals surface area contributed by atoms with Gasteiger partial charge in [0.05, 0.1) is 23.6 Å². The number of phenols is 1. The number of rotatable bonds is 11. The molecule has 0 heterocycles. The van der Waals surface area contributed by atoms with E-state index in [0.717, 1.165) is 28.5 Å². The van der Waals surface area contributed by atoms with Crippen LogP contribution in [0, 0.1) is 13.8 Å². The number of carboxylic acids is 1. The van der Waals surface area contributed by atoms with Gasteiger partial charge in [0.2, 0.25) is 10.0 Å². The van der Waals surface area contributed by atoms with E-state index in [1.54, 1.807) is 24.3 Å². The fraction of sp³-hybridized carbons (Fsp3) is 0.269. The fourth-order valence-corrected chi connectivity index (χ4v) is 4.44. The van der Waals surface area contributed by atoms with Gasteiger partial charge in [0.1, 0.15) is 18.1 Å². The minimum absolute atomic E-state index is 0.00407. The maximum atomic E-state index is 11.4. The van der Waals surface area contributed by atoms with Crippen LogP contribution in [-0.2, 0) is 10.0 Å². The van der Waals surface area contributed by atoms with Crippen molar-refractivity contribution in [3.8, 4) is 22.6 Å². The summed E-state index contributed by atoms with van der Waals surface area (Å²) in [6.45, 7) is 4.96. The summed E-state index contributed by atoms with van der Waals surface area (Å²) < 4.78 is 30.9. The largest absolute Gasteiger partial charge is 0.506 e. The first-order valence-electron chi connectivity index (χ1n) is 11.2. The Morgan fingerprint density at radius 3 is 2.25 bits per heavy atom. The van der Waals surface area contributed by atoms with Crippen LogP contribution in [0.5, 0.6) is 11.5 Å². The second-order valence-electron chi connectivity index (χ2n) is 8.53. The summed E-state index contributed by atoms with van der Waals surface area (Å²) in [7, 11) is -3.57. The molecule has 0 radical (unpaired) electrons. The Morgan fingerprint density at radius 1 is 1.03 bits per heavy atom. The third-order valence-electron chi connectivity index (χ3n) is 5.51. The van der Waals surface area contributed by atoms with E-state index in [1.807, 2.05) is 26.0 Å². The highest BCUT2D eigenvalue weighted by molar-refractivity contribution is 7.92. The molecule has 0 bridgehead atoms. The van der Waals surface area contributed by atoms with Crippen molar-refractivity contribution >= 4 is 21.7 Å². The molecule has 3 aromatic rings. The minimum atomic E-state index is -3.57. The molecule has 192 valence electrons. The Morgan fingerprint density at radius 2 is 1.67 bits per heavy atom. The molecule has 0 fully saturated rings. The Balaban J connectivity index is 1.53. The van der Waals surface area contributed by atoms with Gasteiger partial charge in [0.15, 0.2) is 0 Å². The number of hydrogen-bond donors (Lipinski definition) is 5. The van der Waals surface area contributed by atoms with Crippen LogP contribution in [0.3, 0.4) is 0 Å². The first-order chi connectivity index (χ1) is 16.9. The predicted molar refractivity (Wildman–Crippen MR) is 138 cm³/mol. The summed E-state index contributed by atoms with van der Waals surface area (Å²) in [5.41, 5.74) is 4.66. The van der Waals surface area contributed by atoms with E-state index >= 15 is 0 Å². The standard InChI is InChI=1S/C26H30N2O7S/c1-16-12-21(13-17(2)25(16)18-4-6-19(7-5-18)26(31)32)35-11-10-27-15-24(30)20-8-9-23(29)22(14-20)28-36(3,33)34/h4-9,12-14,24,27-30H,10-11,15H2,1-3H3,(H,31,32)/t24-/m1/s1. The molecule has 0 aliphatic rings. The van der Waals surface area contributed by atoms with E-state index in [-0.39, 0.29) is 23.5 Å². The lowest BCUT2D eigenvalue weighted by molar-refractivity contribution is 0.0697. The minimum Gasteiger partial charge on any atom is -0.506 e. The summed E-state index contributed by atoms with van der Waals surface area (Å²) in [6, 6.07) is 14.8. The lowest BCUT2D eigenvalue weighted by Crippen LogP contribution is -2.26. The molecule has 0 saturated carbocycles. The van der Waals surface area contributed by atoms with Crippen LogP contribution in [-0.4, -0.2) is 55.7 Å². The number of aliphatic hydroxyl groups excluding tert-OH is 1. The molecule has 0 aliphatic carbocycles. The van der Waals surface area contributed by atoms with Gasteiger partial charge in [-0.15, -0.1) is 0 Å². The van der Waals surface area contributed by atoms with Gasteiger partial charge in [-0.3, -0.25) is 4.72 Å². The van der Waals surface area contributed by atoms with Gasteiger partial charge in [0, 0.05) is 13.1 Å². The maximum absolute atomic E-state index is 11.4. The van der Waals surface area contributed by atoms with Crippen molar-refractivity contribution in [1.29, 1.82) is 0 Å². The molecule has 36 heavy (non-hydrogen) atoms. The fourth-order valence-electron chi connectivity index (χ4n) is 3.88. The summed E-state index contributed by atoms with van der Waals surface area (Å²) in [5, 5.41) is 32.4. The van der Waals surface area contributed by atoms with Crippen LogP contribution in [0.25, 0.3) is 11.1 Å². The van der Waals surface area contributed by atoms with E-state index in [1.165, 1.54) is 18.2 Å². The molecule has 0 aromatic heterocycles. The van der Waals surface area contributed by atoms with Crippen molar-refractivity contribution in [1.82, 2.24) is 5.32 Å². The quantitative estimate of drug-likeness (QED) is 0.193. The molecular weight excluding hydrogens is 484 g/mol. The number of carboxylic acid groups (broad SMARTS) is 1. The average Bonchev–Trinajstić information content (AvgIpc) is 2.79. The van der Waals surface area contributed by atoms with Gasteiger partial charge in [-0.1, -0.05) is 18.2 Å². The second kappa shape index (κ2) is 11.4. The second-order valence-corrected chi connectivity index (χ2v) is 10.3. The monoisotopic (exact) mass is 514 g/mol. The molecule has 0 spiro atoms. The number of aromatic carboxylic acids is 1. The molecular formula is C26H30N2O7S. The summed E-state index contributed by atoms with van der Waals surface area (Å²) in [4.78, 5) is 11.1. The zero-order valence-corrected chi connectivity index (χ0v) is 21.1. The first-order valence-corrected chi connectivity index (χ1v) is 13.1. The molecule has 0 aliphatic heterocycles. The van der Waals surface area contributed by atoms with Crippen LogP contribution in [0.1, 0.15) is 33.2 Å². The lowest BCUT2D eigenvalue weighted by atomic mass is 9.95. The van der Waals surface area contributed by atoms with Crippen LogP contribution in [0.4, 0.5) is 5.69 Å². The van der Waals surface area contributed by atoms with Gasteiger partial charge in [-0.05, 0) is 78.1 Å². The number of anilines is 1. The number of nitrogens with one attached hydrogen (secondary N) is 2. The molecule has 5 N–H and O–H groups in total. The van der Waals surface area contributed by atoms with Gasteiger partial charge in [-0.25, -0.2) is 13.2 Å². The van der Waals surface area contributed by atoms with Gasteiger partial charge < -0.3 is 25.4 Å². The zero-order valence-electron chi connectivity index (χ0n) is 20.3. The van der Waals surface area contributed by atoms with Gasteiger partial charge in [-0.2, -0.15) is 0 Å². The smallest absolute Gasteiger partial charge is 0.335 e. The summed E-state index contributed by atoms with van der Waals surface area (Å²) >= 11 is 0. The molecule has 0 saturated heterocycles. The van der Waals surface area contributed by atoms with E-state index in [2.05, 4.69) is 10.0 Å². The Bertz CT molecular complexity index is 1320. The number of benzene rings is 3. The van der Waals surface area contributed by atoms with Gasteiger partial charge in [0.25, 0.3) is 0 Å². The number of aryl methyl sites for hydroxylation is 2. The molecule has 3 rings (SSSR count). The normalized spacial score (nSPS) is 12.2. The zero-order chi connectivity index (χ0) is 26.5. The SMILES string of the molecule is Cc1cc(OCCNC[C@@H](O)c2ccc(O)c(NS(C)(=O)=O)c2)cc(C)c1-c1ccc(C(=O)O)cc1. The first kappa shape index (κ1) is 27.0. The Labute approximate surface area is 210 Å². The number of aromatic hydroxyl groups is 1. The number of carbonyl (C=O) groups is 1. The highest BCUT2D eigenvalue weighted by Crippen LogP contribution is 2.31. The molecule has 0 unspecified atom stereocenters. The number of sulfonamides is 1. The van der Waals surface area contributed by atoms with Crippen LogP contribution in [0.2, 0.25) is 0 Å². The third-order valence-corrected chi connectivity index (χ3v) is 6.10. The molecule has 1 atom stereocenters. The number of phenolic OH excluding ortho intramolecular Hbond substituents is 1. The van der Waals surface area contributed by atoms with Crippen molar-refractivity contribution in [3.05, 3.63) is 76.9 Å². The Kier molecular flexibility index (Phi) is 8.57. The molecule has 3 aromatic carbocycles. The summed E-state index contributed by atoms with van der Waals surface area (Å²) in [5.74, 6) is -0.489. The highest BCUT2D eigenvalue weighted by Gasteiger charge is 2.13. The average molecular weight is 515 g/mol. The van der Waals surface area contributed by atoms with Crippen molar-refractivity contribution in [2.24, 2.45) is 0 Å². The van der Waals surface area contributed by atoms with Crippen LogP contribution in [0.15, 0.2) is 54.6 Å². The van der Waals surface area contributed by atoms with Crippen LogP contribution < -0.4 is 14.8 Å². The Hall–Kier alpha value is -3.60. The number of hydrogen-bond acceptors (Lipinski definition) is 7. The molecule has 0 amide bonds. The van der Waals surface area contributed by atoms with Gasteiger partial charge >= 0.3 is 5.97 Å². The lowest BCUT2D eigenvalue weighted by Gasteiger charge is -2.16. The maximum Gasteiger partial charge on any atom is 0.335 e. The van der Waals surface area contributed by atoms with Crippen molar-refractivity contribution < 1.29 is 33.3 Å². The highest BCUT2D eigenvalue weighted by atomic mass is 32.2. The van der Waals surface area contributed by atoms with E-state index in [0.29, 0.717) is 24.5 Å². The van der Waals surface area contributed by atoms with Crippen molar-refractivity contribution in [3.63, 3.8) is 0 Å². The predicted octanol–water partition coefficient (Wildman–Crippen LogP) is 3.45. The van der Waals surface area contributed by atoms with Crippen molar-refractivity contribution in [2.45, 2.75) is 20.0 Å². The molecule has 9 nitrogen and oxygen atoms in total. The van der Waals surface area contributed by atoms with E-state index in [4.69, 9.17) is 9.84 Å². The summed E-state index contributed by atoms with van der Waals surface area (Å²) in [6.07, 6.45) is 0.0635. The van der Waals surface area contributed by atoms with Crippen molar-refractivity contribution in [2.75, 3.05) is 30.7 Å². The molecule has 10 heteroatoms. The number of ether oxygens (including phenoxy) is 1. The van der Waals surface area contributed by atoms with Crippen LogP contribution >= 0.6 is 0 Å². The topological polar surface area (TPSA) is 145 Å².